The van der Waals surface area contributed by atoms with Crippen molar-refractivity contribution in [1.82, 2.24) is 0 Å². The van der Waals surface area contributed by atoms with Crippen LogP contribution in [0.5, 0.6) is 0 Å². The first-order valence-electron chi connectivity index (χ1n) is 20.3. The van der Waals surface area contributed by atoms with Crippen LogP contribution < -0.4 is 0 Å². The zero-order chi connectivity index (χ0) is 50.4. The third-order valence-electron chi connectivity index (χ3n) is 9.11. The minimum Gasteiger partial charge on any atom is -0.463 e. The Morgan fingerprint density at radius 1 is 0.269 bits per heavy atom. The van der Waals surface area contributed by atoms with Crippen LogP contribution in [0.1, 0.15) is 76.2 Å². The van der Waals surface area contributed by atoms with Crippen LogP contribution in [0.4, 0.5) is 0 Å². The standard InChI is InChI=1S/C40H54O27/c1-15(41)52-12-26-29(55-18(4)44)32(56-19(5)45)36(60-23(9)49)39(64-26)67-31-28(14-54-17(3)43)65-40(37(61-24(10)50)34(31)58-21(7)47)66-30-27(13-53-16(2)42)63-38(62-25(11)51)35(59-22(8)48)33(30)57-20(6)46/h26-40H,12-14H2,1-11H3/t26-,27+,28-,29-,30+,31-,32+,33-,34+,35+,36-,37-,38?,39+,40+/m1/s1. The van der Waals surface area contributed by atoms with Crippen LogP contribution in [-0.2, 0) is 129 Å². The molecular weight excluding hydrogens is 912 g/mol. The van der Waals surface area contributed by atoms with Crippen molar-refractivity contribution in [2.45, 2.75) is 168 Å². The molecule has 376 valence electrons. The quantitative estimate of drug-likeness (QED) is 0.114. The average molecular weight is 967 g/mol. The minimum atomic E-state index is -2.06. The molecule has 0 radical (unpaired) electrons. The van der Waals surface area contributed by atoms with E-state index in [4.69, 9.17) is 75.8 Å². The summed E-state index contributed by atoms with van der Waals surface area (Å²) >= 11 is 0. The fraction of sp³-hybridized carbons (Fsp3) is 0.725. The number of ether oxygens (including phenoxy) is 16. The third kappa shape index (κ3) is 17.0. The summed E-state index contributed by atoms with van der Waals surface area (Å²) in [5.41, 5.74) is 0. The highest BCUT2D eigenvalue weighted by Crippen LogP contribution is 2.38. The fourth-order valence-corrected chi connectivity index (χ4v) is 7.01. The highest BCUT2D eigenvalue weighted by molar-refractivity contribution is 5.70. The van der Waals surface area contributed by atoms with Gasteiger partial charge in [0.05, 0.1) is 0 Å². The number of carbonyl (C=O) groups excluding carboxylic acids is 11. The van der Waals surface area contributed by atoms with Crippen molar-refractivity contribution >= 4 is 65.7 Å². The average Bonchev–Trinajstić information content (AvgIpc) is 3.17. The molecule has 0 aromatic carbocycles. The van der Waals surface area contributed by atoms with Crippen molar-refractivity contribution in [1.29, 1.82) is 0 Å². The normalized spacial score (nSPS) is 31.2. The Hall–Kier alpha value is -6.03. The second kappa shape index (κ2) is 25.2. The van der Waals surface area contributed by atoms with E-state index in [2.05, 4.69) is 0 Å². The maximum Gasteiger partial charge on any atom is 0.305 e. The first kappa shape index (κ1) is 55.3. The number of carbonyl (C=O) groups is 11. The van der Waals surface area contributed by atoms with Gasteiger partial charge < -0.3 is 75.8 Å². The lowest BCUT2D eigenvalue weighted by atomic mass is 9.95. The molecule has 3 aliphatic rings. The molecule has 15 atom stereocenters. The second-order valence-corrected chi connectivity index (χ2v) is 14.9. The molecule has 0 amide bonds. The molecule has 3 aliphatic heterocycles. The Labute approximate surface area is 382 Å². The minimum absolute atomic E-state index is 0.691. The van der Waals surface area contributed by atoms with E-state index >= 15 is 0 Å². The van der Waals surface area contributed by atoms with Crippen LogP contribution in [0.2, 0.25) is 0 Å². The first-order chi connectivity index (χ1) is 31.3. The summed E-state index contributed by atoms with van der Waals surface area (Å²) < 4.78 is 90.4. The Morgan fingerprint density at radius 3 is 0.776 bits per heavy atom. The molecule has 0 aliphatic carbocycles. The van der Waals surface area contributed by atoms with Crippen molar-refractivity contribution in [2.24, 2.45) is 0 Å². The zero-order valence-electron chi connectivity index (χ0n) is 38.3. The smallest absolute Gasteiger partial charge is 0.305 e. The van der Waals surface area contributed by atoms with Crippen molar-refractivity contribution in [3.63, 3.8) is 0 Å². The van der Waals surface area contributed by atoms with Crippen LogP contribution in [0.25, 0.3) is 0 Å². The van der Waals surface area contributed by atoms with Crippen molar-refractivity contribution < 1.29 is 129 Å². The highest BCUT2D eigenvalue weighted by atomic mass is 16.8. The van der Waals surface area contributed by atoms with E-state index in [1.165, 1.54) is 0 Å². The predicted molar refractivity (Wildman–Crippen MR) is 206 cm³/mol. The van der Waals surface area contributed by atoms with E-state index in [9.17, 15) is 52.7 Å². The summed E-state index contributed by atoms with van der Waals surface area (Å²) in [6.07, 6.45) is -27.3. The molecule has 3 fully saturated rings. The van der Waals surface area contributed by atoms with E-state index in [0.29, 0.717) is 0 Å². The van der Waals surface area contributed by atoms with E-state index < -0.39 is 178 Å². The summed E-state index contributed by atoms with van der Waals surface area (Å²) in [6, 6.07) is 0. The lowest BCUT2D eigenvalue weighted by Crippen LogP contribution is -2.69. The Bertz CT molecular complexity index is 1850. The summed E-state index contributed by atoms with van der Waals surface area (Å²) in [7, 11) is 0. The first-order valence-corrected chi connectivity index (χ1v) is 20.3. The fourth-order valence-electron chi connectivity index (χ4n) is 7.01. The molecule has 0 N–H and O–H groups in total. The molecule has 3 saturated heterocycles. The van der Waals surface area contributed by atoms with Gasteiger partial charge in [0.15, 0.2) is 49.2 Å². The molecule has 3 rings (SSSR count). The molecular formula is C40H54O27. The Morgan fingerprint density at radius 2 is 0.493 bits per heavy atom. The van der Waals surface area contributed by atoms with Gasteiger partial charge in [-0.2, -0.15) is 0 Å². The van der Waals surface area contributed by atoms with Gasteiger partial charge in [0.2, 0.25) is 12.4 Å². The molecule has 0 aromatic rings. The summed E-state index contributed by atoms with van der Waals surface area (Å²) in [4.78, 5) is 137. The largest absolute Gasteiger partial charge is 0.463 e. The van der Waals surface area contributed by atoms with Crippen LogP contribution >= 0.6 is 0 Å². The van der Waals surface area contributed by atoms with Crippen molar-refractivity contribution in [2.75, 3.05) is 19.8 Å². The van der Waals surface area contributed by atoms with Gasteiger partial charge in [-0.3, -0.25) is 52.7 Å². The van der Waals surface area contributed by atoms with E-state index in [0.717, 1.165) is 76.2 Å². The molecule has 0 bridgehead atoms. The van der Waals surface area contributed by atoms with Gasteiger partial charge in [-0.05, 0) is 0 Å². The third-order valence-corrected chi connectivity index (χ3v) is 9.11. The molecule has 3 heterocycles. The number of rotatable bonds is 18. The molecule has 27 nitrogen and oxygen atoms in total. The van der Waals surface area contributed by atoms with Gasteiger partial charge in [0.25, 0.3) is 0 Å². The van der Waals surface area contributed by atoms with Gasteiger partial charge in [-0.25, -0.2) is 0 Å². The van der Waals surface area contributed by atoms with E-state index in [1.807, 2.05) is 0 Å². The van der Waals surface area contributed by atoms with Gasteiger partial charge >= 0.3 is 65.7 Å². The lowest BCUT2D eigenvalue weighted by molar-refractivity contribution is -0.378. The molecule has 0 aromatic heterocycles. The lowest BCUT2D eigenvalue weighted by Gasteiger charge is -2.50. The molecule has 0 saturated carbocycles. The monoisotopic (exact) mass is 966 g/mol. The van der Waals surface area contributed by atoms with Crippen molar-refractivity contribution in [3.05, 3.63) is 0 Å². The van der Waals surface area contributed by atoms with Gasteiger partial charge in [0.1, 0.15) is 50.3 Å². The number of hydrogen-bond acceptors (Lipinski definition) is 27. The summed E-state index contributed by atoms with van der Waals surface area (Å²) in [6.45, 7) is 8.53. The SMILES string of the molecule is CC(=O)OC[C@@H]1OC(OC(C)=O)[C@@H](OC(C)=O)[C@H](OC(C)=O)[C@H]1O[C@@H]1O[C@H](COC(C)=O)[C@@H](O[C@@H]2O[C@H](COC(C)=O)[C@@H](OC(C)=O)[C@H](OC(C)=O)[C@H]2OC(C)=O)[C@H](OC(C)=O)[C@H]1OC(C)=O. The Kier molecular flexibility index (Phi) is 20.8. The molecule has 27 heteroatoms. The van der Waals surface area contributed by atoms with Gasteiger partial charge in [-0.1, -0.05) is 0 Å². The summed E-state index contributed by atoms with van der Waals surface area (Å²) in [5.74, 6) is -10.7. The molecule has 1 unspecified atom stereocenters. The van der Waals surface area contributed by atoms with E-state index in [1.54, 1.807) is 0 Å². The molecule has 67 heavy (non-hydrogen) atoms. The molecule has 0 spiro atoms. The van der Waals surface area contributed by atoms with Crippen LogP contribution in [0.15, 0.2) is 0 Å². The maximum absolute atomic E-state index is 13.0. The van der Waals surface area contributed by atoms with Gasteiger partial charge in [0, 0.05) is 76.2 Å². The van der Waals surface area contributed by atoms with Crippen LogP contribution in [0.3, 0.4) is 0 Å². The van der Waals surface area contributed by atoms with Crippen LogP contribution in [0, 0.1) is 0 Å². The van der Waals surface area contributed by atoms with Crippen LogP contribution in [-0.4, -0.2) is 178 Å². The summed E-state index contributed by atoms with van der Waals surface area (Å²) in [5, 5.41) is 0. The highest BCUT2D eigenvalue weighted by Gasteiger charge is 2.60. The van der Waals surface area contributed by atoms with E-state index in [-0.39, 0.29) is 0 Å². The predicted octanol–water partition coefficient (Wildman–Crippen LogP) is -1.29. The topological polar surface area (TPSA) is 335 Å². The number of esters is 11. The Balaban J connectivity index is 2.31. The van der Waals surface area contributed by atoms with Gasteiger partial charge in [-0.15, -0.1) is 0 Å². The van der Waals surface area contributed by atoms with Crippen molar-refractivity contribution in [3.8, 4) is 0 Å². The maximum atomic E-state index is 13.0. The number of hydrogen-bond donors (Lipinski definition) is 0. The zero-order valence-corrected chi connectivity index (χ0v) is 38.3. The second-order valence-electron chi connectivity index (χ2n) is 14.9.